The van der Waals surface area contributed by atoms with Gasteiger partial charge in [-0.3, -0.25) is 0 Å². The molecule has 0 bridgehead atoms. The topological polar surface area (TPSA) is 35.2 Å². The largest absolute Gasteiger partial charge is 0.485 e. The molecule has 0 saturated heterocycles. The molecule has 2 N–H and O–H groups in total. The summed E-state index contributed by atoms with van der Waals surface area (Å²) in [6.45, 7) is 0. The third kappa shape index (κ3) is 2.43. The van der Waals surface area contributed by atoms with E-state index in [-0.39, 0.29) is 12.1 Å². The fourth-order valence-electron chi connectivity index (χ4n) is 3.24. The fourth-order valence-corrected chi connectivity index (χ4v) is 3.42. The lowest BCUT2D eigenvalue weighted by molar-refractivity contribution is 0.160. The second kappa shape index (κ2) is 5.04. The van der Waals surface area contributed by atoms with E-state index in [0.29, 0.717) is 10.9 Å². The number of fused-ring (bicyclic) bond motifs is 1. The number of nitrogens with two attached hydrogens (primary N) is 1. The lowest BCUT2D eigenvalue weighted by Gasteiger charge is -2.31. The number of rotatable bonds is 2. The molecule has 0 aromatic heterocycles. The molecule has 2 aromatic rings. The first-order chi connectivity index (χ1) is 10.2. The molecule has 0 radical (unpaired) electrons. The van der Waals surface area contributed by atoms with Crippen LogP contribution in [0.4, 0.5) is 0 Å². The summed E-state index contributed by atoms with van der Waals surface area (Å²) < 4.78 is 6.22. The minimum absolute atomic E-state index is 0.0234. The smallest absolute Gasteiger partial charge is 0.126 e. The van der Waals surface area contributed by atoms with Gasteiger partial charge >= 0.3 is 0 Å². The zero-order valence-corrected chi connectivity index (χ0v) is 12.5. The first-order valence-electron chi connectivity index (χ1n) is 7.53. The summed E-state index contributed by atoms with van der Waals surface area (Å²) in [5, 5.41) is 0.713. The van der Waals surface area contributed by atoms with E-state index in [1.54, 1.807) is 0 Å². The van der Waals surface area contributed by atoms with Crippen molar-refractivity contribution in [2.45, 2.75) is 37.3 Å². The first kappa shape index (κ1) is 13.2. The van der Waals surface area contributed by atoms with Gasteiger partial charge in [0.1, 0.15) is 11.9 Å². The van der Waals surface area contributed by atoms with Gasteiger partial charge in [0.2, 0.25) is 0 Å². The monoisotopic (exact) mass is 299 g/mol. The van der Waals surface area contributed by atoms with E-state index >= 15 is 0 Å². The maximum absolute atomic E-state index is 6.35. The molecule has 1 unspecified atom stereocenters. The van der Waals surface area contributed by atoms with Crippen LogP contribution in [0.1, 0.15) is 54.0 Å². The molecule has 4 rings (SSSR count). The van der Waals surface area contributed by atoms with Crippen LogP contribution in [0, 0.1) is 0 Å². The molecule has 108 valence electrons. The molecule has 1 heterocycles. The summed E-state index contributed by atoms with van der Waals surface area (Å²) in [7, 11) is 0. The van der Waals surface area contributed by atoms with E-state index < -0.39 is 0 Å². The molecular weight excluding hydrogens is 282 g/mol. The van der Waals surface area contributed by atoms with Crippen molar-refractivity contribution < 1.29 is 4.74 Å². The molecular formula is C18H18ClNO. The van der Waals surface area contributed by atoms with Crippen molar-refractivity contribution in [3.05, 3.63) is 64.2 Å². The van der Waals surface area contributed by atoms with Gasteiger partial charge in [-0.2, -0.15) is 0 Å². The van der Waals surface area contributed by atoms with Gasteiger partial charge in [-0.25, -0.2) is 0 Å². The molecule has 2 nitrogen and oxygen atoms in total. The van der Waals surface area contributed by atoms with Crippen molar-refractivity contribution in [1.82, 2.24) is 0 Å². The van der Waals surface area contributed by atoms with Crippen molar-refractivity contribution in [2.24, 2.45) is 5.73 Å². The van der Waals surface area contributed by atoms with Crippen LogP contribution in [0.3, 0.4) is 0 Å². The van der Waals surface area contributed by atoms with Crippen LogP contribution in [0.15, 0.2) is 42.5 Å². The van der Waals surface area contributed by atoms with Crippen molar-refractivity contribution in [1.29, 1.82) is 0 Å². The number of halogens is 1. The van der Waals surface area contributed by atoms with Gasteiger partial charge in [-0.1, -0.05) is 35.9 Å². The fraction of sp³-hybridized carbons (Fsp3) is 0.333. The zero-order valence-electron chi connectivity index (χ0n) is 11.8. The van der Waals surface area contributed by atoms with E-state index in [0.717, 1.165) is 17.7 Å². The van der Waals surface area contributed by atoms with Gasteiger partial charge in [0.05, 0.1) is 0 Å². The number of ether oxygens (including phenoxy) is 1. The van der Waals surface area contributed by atoms with Gasteiger partial charge in [-0.05, 0) is 48.1 Å². The highest BCUT2D eigenvalue weighted by atomic mass is 35.5. The lowest BCUT2D eigenvalue weighted by atomic mass is 9.90. The number of hydrogen-bond acceptors (Lipinski definition) is 2. The SMILES string of the molecule is N[C@@H]1CC(c2ccccc2C2CC2)Oc2ccc(Cl)cc21. The summed E-state index contributed by atoms with van der Waals surface area (Å²) in [4.78, 5) is 0. The Labute approximate surface area is 129 Å². The van der Waals surface area contributed by atoms with Crippen LogP contribution in [0.2, 0.25) is 5.02 Å². The Morgan fingerprint density at radius 1 is 1.00 bits per heavy atom. The molecule has 2 aliphatic rings. The Kier molecular flexibility index (Phi) is 3.16. The van der Waals surface area contributed by atoms with Gasteiger partial charge in [0, 0.05) is 23.0 Å². The Bertz CT molecular complexity index is 681. The predicted octanol–water partition coefficient (Wildman–Crippen LogP) is 4.74. The summed E-state index contributed by atoms with van der Waals surface area (Å²) in [6, 6.07) is 14.3. The standard InChI is InChI=1S/C18H18ClNO/c19-12-7-8-17-15(9-12)16(20)10-18(21-17)14-4-2-1-3-13(14)11-5-6-11/h1-4,7-9,11,16,18H,5-6,10,20H2/t16-,18?/m1/s1. The van der Waals surface area contributed by atoms with E-state index in [2.05, 4.69) is 24.3 Å². The van der Waals surface area contributed by atoms with E-state index in [1.165, 1.54) is 24.0 Å². The average molecular weight is 300 g/mol. The van der Waals surface area contributed by atoms with Crippen LogP contribution in [-0.4, -0.2) is 0 Å². The highest BCUT2D eigenvalue weighted by Crippen LogP contribution is 2.47. The highest BCUT2D eigenvalue weighted by Gasteiger charge is 2.32. The van der Waals surface area contributed by atoms with Gasteiger partial charge in [0.25, 0.3) is 0 Å². The van der Waals surface area contributed by atoms with E-state index in [1.807, 2.05) is 18.2 Å². The summed E-state index contributed by atoms with van der Waals surface area (Å²) in [5.74, 6) is 1.58. The molecule has 1 fully saturated rings. The van der Waals surface area contributed by atoms with Crippen molar-refractivity contribution in [3.8, 4) is 5.75 Å². The predicted molar refractivity (Wildman–Crippen MR) is 84.8 cm³/mol. The maximum Gasteiger partial charge on any atom is 0.126 e. The molecule has 2 atom stereocenters. The Morgan fingerprint density at radius 2 is 1.76 bits per heavy atom. The van der Waals surface area contributed by atoms with E-state index in [9.17, 15) is 0 Å². The van der Waals surface area contributed by atoms with Crippen LogP contribution in [0.25, 0.3) is 0 Å². The van der Waals surface area contributed by atoms with Gasteiger partial charge < -0.3 is 10.5 Å². The van der Waals surface area contributed by atoms with Crippen molar-refractivity contribution in [2.75, 3.05) is 0 Å². The van der Waals surface area contributed by atoms with Crippen LogP contribution >= 0.6 is 11.6 Å². The van der Waals surface area contributed by atoms with Crippen molar-refractivity contribution >= 4 is 11.6 Å². The molecule has 1 aliphatic carbocycles. The second-order valence-electron chi connectivity index (χ2n) is 6.03. The minimum atomic E-state index is -0.0234. The molecule has 3 heteroatoms. The average Bonchev–Trinajstić information content (AvgIpc) is 3.32. The zero-order chi connectivity index (χ0) is 14.4. The molecule has 0 amide bonds. The van der Waals surface area contributed by atoms with Crippen LogP contribution in [0.5, 0.6) is 5.75 Å². The summed E-state index contributed by atoms with van der Waals surface area (Å²) in [6.07, 6.45) is 3.44. The highest BCUT2D eigenvalue weighted by molar-refractivity contribution is 6.30. The Hall–Kier alpha value is -1.51. The molecule has 2 aromatic carbocycles. The third-order valence-electron chi connectivity index (χ3n) is 4.47. The number of hydrogen-bond donors (Lipinski definition) is 1. The van der Waals surface area contributed by atoms with E-state index in [4.69, 9.17) is 22.1 Å². The van der Waals surface area contributed by atoms with Crippen molar-refractivity contribution in [3.63, 3.8) is 0 Å². The van der Waals surface area contributed by atoms with Crippen LogP contribution < -0.4 is 10.5 Å². The van der Waals surface area contributed by atoms with Gasteiger partial charge in [0.15, 0.2) is 0 Å². The Morgan fingerprint density at radius 3 is 2.52 bits per heavy atom. The lowest BCUT2D eigenvalue weighted by Crippen LogP contribution is -2.24. The Balaban J connectivity index is 1.71. The maximum atomic E-state index is 6.35. The summed E-state index contributed by atoms with van der Waals surface area (Å²) in [5.41, 5.74) is 10.1. The molecule has 21 heavy (non-hydrogen) atoms. The second-order valence-corrected chi connectivity index (χ2v) is 6.47. The number of benzene rings is 2. The molecule has 1 saturated carbocycles. The first-order valence-corrected chi connectivity index (χ1v) is 7.90. The third-order valence-corrected chi connectivity index (χ3v) is 4.70. The van der Waals surface area contributed by atoms with Gasteiger partial charge in [-0.15, -0.1) is 0 Å². The normalized spacial score (nSPS) is 24.3. The van der Waals surface area contributed by atoms with Crippen LogP contribution in [-0.2, 0) is 0 Å². The molecule has 0 spiro atoms. The quantitative estimate of drug-likeness (QED) is 0.869. The minimum Gasteiger partial charge on any atom is -0.485 e. The summed E-state index contributed by atoms with van der Waals surface area (Å²) >= 11 is 6.06. The molecule has 1 aliphatic heterocycles.